The molecule has 142 valence electrons. The summed E-state index contributed by atoms with van der Waals surface area (Å²) in [6.45, 7) is 2.24. The van der Waals surface area contributed by atoms with E-state index in [1.54, 1.807) is 17.5 Å². The molecule has 0 aliphatic heterocycles. The van der Waals surface area contributed by atoms with Gasteiger partial charge in [0.15, 0.2) is 0 Å². The van der Waals surface area contributed by atoms with E-state index in [2.05, 4.69) is 22.2 Å². The van der Waals surface area contributed by atoms with Crippen LogP contribution in [0.1, 0.15) is 51.1 Å². The van der Waals surface area contributed by atoms with Crippen LogP contribution in [0.25, 0.3) is 10.6 Å². The smallest absolute Gasteiger partial charge is 0.226 e. The Morgan fingerprint density at radius 1 is 1.26 bits per heavy atom. The average molecular weight is 382 g/mol. The van der Waals surface area contributed by atoms with Crippen molar-refractivity contribution in [1.29, 1.82) is 0 Å². The van der Waals surface area contributed by atoms with Crippen LogP contribution in [0, 0.1) is 23.2 Å². The summed E-state index contributed by atoms with van der Waals surface area (Å²) in [5.74, 6) is 2.85. The first-order valence-corrected chi connectivity index (χ1v) is 11.1. The summed E-state index contributed by atoms with van der Waals surface area (Å²) in [5.41, 5.74) is 2.22. The number of aromatic nitrogens is 2. The van der Waals surface area contributed by atoms with Gasteiger partial charge in [-0.1, -0.05) is 0 Å². The average Bonchev–Trinajstić information content (AvgIpc) is 3.09. The van der Waals surface area contributed by atoms with E-state index < -0.39 is 0 Å². The Morgan fingerprint density at radius 3 is 2.59 bits per heavy atom. The first-order chi connectivity index (χ1) is 13.1. The number of thiazole rings is 1. The van der Waals surface area contributed by atoms with Gasteiger partial charge in [-0.15, -0.1) is 11.3 Å². The maximum Gasteiger partial charge on any atom is 0.226 e. The normalized spacial score (nSPS) is 32.4. The number of hydrogen-bond donors (Lipinski definition) is 1. The molecule has 0 unspecified atom stereocenters. The van der Waals surface area contributed by atoms with Gasteiger partial charge in [-0.2, -0.15) is 0 Å². The molecule has 4 fully saturated rings. The molecule has 4 aliphatic carbocycles. The summed E-state index contributed by atoms with van der Waals surface area (Å²) < 4.78 is 0. The van der Waals surface area contributed by atoms with E-state index in [1.807, 2.05) is 23.7 Å². The fraction of sp³-hybridized carbons (Fsp3) is 0.591. The van der Waals surface area contributed by atoms with E-state index in [4.69, 9.17) is 0 Å². The third-order valence-corrected chi connectivity index (χ3v) is 8.12. The van der Waals surface area contributed by atoms with Crippen molar-refractivity contribution in [2.45, 2.75) is 57.9 Å². The first-order valence-electron chi connectivity index (χ1n) is 10.2. The van der Waals surface area contributed by atoms with Crippen LogP contribution in [0.4, 0.5) is 0 Å². The highest BCUT2D eigenvalue weighted by atomic mass is 32.1. The molecule has 4 nitrogen and oxygen atoms in total. The third-order valence-electron chi connectivity index (χ3n) is 7.18. The van der Waals surface area contributed by atoms with Gasteiger partial charge in [0.05, 0.1) is 12.1 Å². The Kier molecular flexibility index (Phi) is 4.30. The van der Waals surface area contributed by atoms with Gasteiger partial charge in [-0.05, 0) is 80.8 Å². The Morgan fingerprint density at radius 2 is 1.96 bits per heavy atom. The molecule has 0 saturated heterocycles. The molecule has 4 saturated carbocycles. The SMILES string of the molecule is C[C@H](NC(=O)Cc1csc(-c2cccnc2)n1)C12CC3CC(CC(C3)C1)C2. The number of hydrogen-bond acceptors (Lipinski definition) is 4. The quantitative estimate of drug-likeness (QED) is 0.831. The second-order valence-electron chi connectivity index (χ2n) is 9.13. The molecule has 1 amide bonds. The molecule has 1 N–H and O–H groups in total. The minimum absolute atomic E-state index is 0.112. The first kappa shape index (κ1) is 17.4. The molecule has 0 spiro atoms. The van der Waals surface area contributed by atoms with Gasteiger partial charge < -0.3 is 5.32 Å². The molecule has 2 heterocycles. The number of pyridine rings is 1. The molecule has 5 heteroatoms. The van der Waals surface area contributed by atoms with Crippen molar-refractivity contribution in [3.8, 4) is 10.6 Å². The number of rotatable bonds is 5. The summed E-state index contributed by atoms with van der Waals surface area (Å²) in [6.07, 6.45) is 12.2. The zero-order chi connectivity index (χ0) is 18.4. The van der Waals surface area contributed by atoms with Gasteiger partial charge in [0.1, 0.15) is 5.01 Å². The van der Waals surface area contributed by atoms with Crippen LogP contribution in [0.2, 0.25) is 0 Å². The molecule has 0 aromatic carbocycles. The van der Waals surface area contributed by atoms with E-state index in [-0.39, 0.29) is 11.9 Å². The van der Waals surface area contributed by atoms with Gasteiger partial charge in [0.2, 0.25) is 5.91 Å². The predicted octanol–water partition coefficient (Wildman–Crippen LogP) is 4.47. The lowest BCUT2D eigenvalue weighted by molar-refractivity contribution is -0.125. The summed E-state index contributed by atoms with van der Waals surface area (Å²) in [7, 11) is 0. The molecule has 1 atom stereocenters. The van der Waals surface area contributed by atoms with Crippen molar-refractivity contribution in [2.75, 3.05) is 0 Å². The Bertz CT molecular complexity index is 796. The molecule has 2 aromatic heterocycles. The lowest BCUT2D eigenvalue weighted by Gasteiger charge is -2.59. The van der Waals surface area contributed by atoms with E-state index in [0.717, 1.165) is 34.0 Å². The molecule has 27 heavy (non-hydrogen) atoms. The lowest BCUT2D eigenvalue weighted by Crippen LogP contribution is -2.56. The number of nitrogens with zero attached hydrogens (tertiary/aromatic N) is 2. The van der Waals surface area contributed by atoms with E-state index in [1.165, 1.54) is 38.5 Å². The maximum absolute atomic E-state index is 12.7. The van der Waals surface area contributed by atoms with E-state index in [0.29, 0.717) is 11.8 Å². The molecule has 0 radical (unpaired) electrons. The van der Waals surface area contributed by atoms with Gasteiger partial charge >= 0.3 is 0 Å². The summed E-state index contributed by atoms with van der Waals surface area (Å²) in [4.78, 5) is 21.5. The van der Waals surface area contributed by atoms with Crippen LogP contribution in [-0.2, 0) is 11.2 Å². The largest absolute Gasteiger partial charge is 0.353 e. The molecular weight excluding hydrogens is 354 g/mol. The Balaban J connectivity index is 1.23. The minimum atomic E-state index is 0.112. The van der Waals surface area contributed by atoms with Crippen molar-refractivity contribution in [3.05, 3.63) is 35.6 Å². The molecule has 6 rings (SSSR count). The van der Waals surface area contributed by atoms with Gasteiger partial charge in [-0.25, -0.2) is 4.98 Å². The van der Waals surface area contributed by atoms with Crippen molar-refractivity contribution in [2.24, 2.45) is 23.2 Å². The summed E-state index contributed by atoms with van der Waals surface area (Å²) >= 11 is 1.58. The lowest BCUT2D eigenvalue weighted by atomic mass is 9.48. The van der Waals surface area contributed by atoms with Crippen LogP contribution in [-0.4, -0.2) is 21.9 Å². The number of nitrogens with one attached hydrogen (secondary N) is 1. The molecule has 4 aliphatic rings. The maximum atomic E-state index is 12.7. The van der Waals surface area contributed by atoms with Crippen molar-refractivity contribution in [1.82, 2.24) is 15.3 Å². The Labute approximate surface area is 164 Å². The predicted molar refractivity (Wildman–Crippen MR) is 107 cm³/mol. The van der Waals surface area contributed by atoms with Gasteiger partial charge in [-0.3, -0.25) is 9.78 Å². The Hall–Kier alpha value is -1.75. The fourth-order valence-corrected chi connectivity index (χ4v) is 7.14. The summed E-state index contributed by atoms with van der Waals surface area (Å²) in [6, 6.07) is 4.19. The zero-order valence-corrected chi connectivity index (χ0v) is 16.7. The molecular formula is C22H27N3OS. The van der Waals surface area contributed by atoms with Gasteiger partial charge in [0.25, 0.3) is 0 Å². The third kappa shape index (κ3) is 3.31. The number of carbonyl (C=O) groups is 1. The number of carbonyl (C=O) groups excluding carboxylic acids is 1. The highest BCUT2D eigenvalue weighted by molar-refractivity contribution is 7.13. The van der Waals surface area contributed by atoms with Crippen molar-refractivity contribution >= 4 is 17.2 Å². The minimum Gasteiger partial charge on any atom is -0.353 e. The van der Waals surface area contributed by atoms with E-state index in [9.17, 15) is 4.79 Å². The van der Waals surface area contributed by atoms with Gasteiger partial charge in [0, 0.05) is 29.4 Å². The zero-order valence-electron chi connectivity index (χ0n) is 15.9. The van der Waals surface area contributed by atoms with Crippen LogP contribution in [0.3, 0.4) is 0 Å². The standard InChI is InChI=1S/C22H27N3OS/c1-14(22-9-15-5-16(10-22)7-17(6-15)11-22)24-20(26)8-19-13-27-21(25-19)18-3-2-4-23-12-18/h2-4,12-17H,5-11H2,1H3,(H,24,26)/t14-,15?,16?,17?,22?/m0/s1. The van der Waals surface area contributed by atoms with Crippen molar-refractivity contribution < 1.29 is 4.79 Å². The monoisotopic (exact) mass is 381 g/mol. The van der Waals surface area contributed by atoms with Crippen molar-refractivity contribution in [3.63, 3.8) is 0 Å². The van der Waals surface area contributed by atoms with Crippen LogP contribution < -0.4 is 5.32 Å². The molecule has 4 bridgehead atoms. The topological polar surface area (TPSA) is 54.9 Å². The van der Waals surface area contributed by atoms with Crippen LogP contribution in [0.5, 0.6) is 0 Å². The second kappa shape index (κ2) is 6.69. The number of amides is 1. The fourth-order valence-electron chi connectivity index (χ4n) is 6.33. The van der Waals surface area contributed by atoms with Crippen LogP contribution >= 0.6 is 11.3 Å². The van der Waals surface area contributed by atoms with Crippen LogP contribution in [0.15, 0.2) is 29.9 Å². The highest BCUT2D eigenvalue weighted by Gasteiger charge is 2.53. The highest BCUT2D eigenvalue weighted by Crippen LogP contribution is 2.61. The second-order valence-corrected chi connectivity index (χ2v) is 9.99. The molecule has 2 aromatic rings. The van der Waals surface area contributed by atoms with E-state index >= 15 is 0 Å². The summed E-state index contributed by atoms with van der Waals surface area (Å²) in [5, 5.41) is 6.28.